The highest BCUT2D eigenvalue weighted by Crippen LogP contribution is 2.09. The number of nitrogens with zero attached hydrogens (tertiary/aromatic N) is 1. The molecular formula is C12H21N3OS. The van der Waals surface area contributed by atoms with E-state index < -0.39 is 0 Å². The Morgan fingerprint density at radius 1 is 1.53 bits per heavy atom. The van der Waals surface area contributed by atoms with E-state index in [4.69, 9.17) is 0 Å². The van der Waals surface area contributed by atoms with E-state index in [1.54, 1.807) is 11.3 Å². The average Bonchev–Trinajstić information content (AvgIpc) is 2.74. The van der Waals surface area contributed by atoms with Crippen LogP contribution in [0.4, 0.5) is 0 Å². The molecule has 1 heterocycles. The Morgan fingerprint density at radius 2 is 2.29 bits per heavy atom. The SMILES string of the molecule is CCc1nc(CNCC(=O)NCC(C)C)cs1. The lowest BCUT2D eigenvalue weighted by Gasteiger charge is -2.07. The van der Waals surface area contributed by atoms with Crippen molar-refractivity contribution < 1.29 is 4.79 Å². The molecule has 0 aliphatic heterocycles. The Bertz CT molecular complexity index is 349. The van der Waals surface area contributed by atoms with Gasteiger partial charge in [-0.15, -0.1) is 11.3 Å². The van der Waals surface area contributed by atoms with E-state index in [-0.39, 0.29) is 5.91 Å². The first kappa shape index (κ1) is 14.1. The van der Waals surface area contributed by atoms with Crippen LogP contribution in [0.2, 0.25) is 0 Å². The van der Waals surface area contributed by atoms with Gasteiger partial charge in [-0.05, 0) is 12.3 Å². The van der Waals surface area contributed by atoms with Crippen LogP contribution in [-0.4, -0.2) is 24.0 Å². The van der Waals surface area contributed by atoms with E-state index in [1.165, 1.54) is 0 Å². The third-order valence-corrected chi connectivity index (χ3v) is 3.24. The largest absolute Gasteiger partial charge is 0.355 e. The molecular weight excluding hydrogens is 234 g/mol. The maximum Gasteiger partial charge on any atom is 0.233 e. The Labute approximate surface area is 107 Å². The number of hydrogen-bond donors (Lipinski definition) is 2. The van der Waals surface area contributed by atoms with Crippen molar-refractivity contribution in [2.45, 2.75) is 33.7 Å². The first-order valence-corrected chi connectivity index (χ1v) is 6.90. The zero-order chi connectivity index (χ0) is 12.7. The van der Waals surface area contributed by atoms with Crippen molar-refractivity contribution in [3.05, 3.63) is 16.1 Å². The minimum Gasteiger partial charge on any atom is -0.355 e. The van der Waals surface area contributed by atoms with Gasteiger partial charge >= 0.3 is 0 Å². The summed E-state index contributed by atoms with van der Waals surface area (Å²) >= 11 is 1.67. The average molecular weight is 255 g/mol. The predicted molar refractivity (Wildman–Crippen MR) is 71.0 cm³/mol. The molecule has 4 nitrogen and oxygen atoms in total. The molecule has 0 saturated heterocycles. The van der Waals surface area contributed by atoms with Crippen molar-refractivity contribution >= 4 is 17.2 Å². The van der Waals surface area contributed by atoms with Crippen LogP contribution in [0.15, 0.2) is 5.38 Å². The molecule has 1 aromatic rings. The third-order valence-electron chi connectivity index (χ3n) is 2.20. The topological polar surface area (TPSA) is 54.0 Å². The van der Waals surface area contributed by atoms with Crippen molar-refractivity contribution in [2.75, 3.05) is 13.1 Å². The van der Waals surface area contributed by atoms with Gasteiger partial charge in [0.1, 0.15) is 0 Å². The van der Waals surface area contributed by atoms with Gasteiger partial charge in [-0.25, -0.2) is 4.98 Å². The second kappa shape index (κ2) is 7.40. The molecule has 0 unspecified atom stereocenters. The zero-order valence-corrected chi connectivity index (χ0v) is 11.6. The van der Waals surface area contributed by atoms with Crippen molar-refractivity contribution in [1.82, 2.24) is 15.6 Å². The van der Waals surface area contributed by atoms with Crippen molar-refractivity contribution in [1.29, 1.82) is 0 Å². The van der Waals surface area contributed by atoms with Crippen molar-refractivity contribution in [2.24, 2.45) is 5.92 Å². The molecule has 0 fully saturated rings. The fourth-order valence-electron chi connectivity index (χ4n) is 1.28. The van der Waals surface area contributed by atoms with E-state index in [2.05, 4.69) is 36.4 Å². The lowest BCUT2D eigenvalue weighted by Crippen LogP contribution is -2.35. The Kier molecular flexibility index (Phi) is 6.15. The molecule has 1 amide bonds. The highest BCUT2D eigenvalue weighted by molar-refractivity contribution is 7.09. The summed E-state index contributed by atoms with van der Waals surface area (Å²) in [7, 11) is 0. The molecule has 0 atom stereocenters. The number of carbonyl (C=O) groups is 1. The number of thiazole rings is 1. The summed E-state index contributed by atoms with van der Waals surface area (Å²) in [5.41, 5.74) is 1.02. The van der Waals surface area contributed by atoms with Crippen LogP contribution >= 0.6 is 11.3 Å². The molecule has 2 N–H and O–H groups in total. The second-order valence-corrected chi connectivity index (χ2v) is 5.33. The number of rotatable bonds is 7. The van der Waals surface area contributed by atoms with Crippen LogP contribution in [0, 0.1) is 5.92 Å². The van der Waals surface area contributed by atoms with Crippen LogP contribution in [0.1, 0.15) is 31.5 Å². The number of amides is 1. The van der Waals surface area contributed by atoms with Gasteiger partial charge in [-0.1, -0.05) is 20.8 Å². The lowest BCUT2D eigenvalue weighted by molar-refractivity contribution is -0.120. The number of carbonyl (C=O) groups excluding carboxylic acids is 1. The molecule has 0 bridgehead atoms. The summed E-state index contributed by atoms with van der Waals surface area (Å²) < 4.78 is 0. The fraction of sp³-hybridized carbons (Fsp3) is 0.667. The summed E-state index contributed by atoms with van der Waals surface area (Å²) in [5, 5.41) is 9.14. The number of aromatic nitrogens is 1. The van der Waals surface area contributed by atoms with Gasteiger partial charge in [0.25, 0.3) is 0 Å². The first-order valence-electron chi connectivity index (χ1n) is 6.02. The van der Waals surface area contributed by atoms with Gasteiger partial charge in [0.2, 0.25) is 5.91 Å². The molecule has 96 valence electrons. The monoisotopic (exact) mass is 255 g/mol. The Morgan fingerprint density at radius 3 is 2.88 bits per heavy atom. The molecule has 0 aliphatic rings. The van der Waals surface area contributed by atoms with Gasteiger partial charge in [0, 0.05) is 18.5 Å². The van der Waals surface area contributed by atoms with Crippen molar-refractivity contribution in [3.8, 4) is 0 Å². The van der Waals surface area contributed by atoms with E-state index in [9.17, 15) is 4.79 Å². The molecule has 0 aliphatic carbocycles. The molecule has 0 saturated carbocycles. The molecule has 5 heteroatoms. The van der Waals surface area contributed by atoms with E-state index in [1.807, 2.05) is 5.38 Å². The summed E-state index contributed by atoms with van der Waals surface area (Å²) in [6, 6.07) is 0. The summed E-state index contributed by atoms with van der Waals surface area (Å²) in [4.78, 5) is 15.8. The quantitative estimate of drug-likeness (QED) is 0.777. The molecule has 0 spiro atoms. The van der Waals surface area contributed by atoms with Gasteiger partial charge in [0.15, 0.2) is 0 Å². The number of nitrogens with one attached hydrogen (secondary N) is 2. The number of aryl methyl sites for hydroxylation is 1. The predicted octanol–water partition coefficient (Wildman–Crippen LogP) is 1.57. The molecule has 0 aromatic carbocycles. The van der Waals surface area contributed by atoms with Crippen LogP contribution in [0.5, 0.6) is 0 Å². The molecule has 0 radical (unpaired) electrons. The second-order valence-electron chi connectivity index (χ2n) is 4.39. The molecule has 1 rings (SSSR count). The smallest absolute Gasteiger partial charge is 0.233 e. The maximum absolute atomic E-state index is 11.4. The van der Waals surface area contributed by atoms with Crippen LogP contribution in [-0.2, 0) is 17.8 Å². The fourth-order valence-corrected chi connectivity index (χ4v) is 2.02. The van der Waals surface area contributed by atoms with Gasteiger partial charge in [0.05, 0.1) is 17.2 Å². The number of hydrogen-bond acceptors (Lipinski definition) is 4. The highest BCUT2D eigenvalue weighted by Gasteiger charge is 2.03. The Balaban J connectivity index is 2.16. The zero-order valence-electron chi connectivity index (χ0n) is 10.7. The van der Waals surface area contributed by atoms with E-state index in [0.29, 0.717) is 19.0 Å². The van der Waals surface area contributed by atoms with Crippen LogP contribution < -0.4 is 10.6 Å². The standard InChI is InChI=1S/C12H21N3OS/c1-4-12-15-10(8-17-12)6-13-7-11(16)14-5-9(2)3/h8-9,13H,4-7H2,1-3H3,(H,14,16). The maximum atomic E-state index is 11.4. The highest BCUT2D eigenvalue weighted by atomic mass is 32.1. The van der Waals surface area contributed by atoms with Gasteiger partial charge < -0.3 is 10.6 Å². The minimum atomic E-state index is 0.0460. The van der Waals surface area contributed by atoms with E-state index >= 15 is 0 Å². The van der Waals surface area contributed by atoms with Crippen LogP contribution in [0.25, 0.3) is 0 Å². The lowest BCUT2D eigenvalue weighted by atomic mass is 10.2. The normalized spacial score (nSPS) is 10.8. The van der Waals surface area contributed by atoms with Gasteiger partial charge in [-0.2, -0.15) is 0 Å². The molecule has 1 aromatic heterocycles. The van der Waals surface area contributed by atoms with E-state index in [0.717, 1.165) is 23.7 Å². The Hall–Kier alpha value is -0.940. The van der Waals surface area contributed by atoms with Crippen molar-refractivity contribution in [3.63, 3.8) is 0 Å². The summed E-state index contributed by atoms with van der Waals surface area (Å²) in [5.74, 6) is 0.536. The third kappa shape index (κ3) is 5.79. The minimum absolute atomic E-state index is 0.0460. The van der Waals surface area contributed by atoms with Crippen LogP contribution in [0.3, 0.4) is 0 Å². The molecule has 17 heavy (non-hydrogen) atoms. The summed E-state index contributed by atoms with van der Waals surface area (Å²) in [6.07, 6.45) is 0.972. The summed E-state index contributed by atoms with van der Waals surface area (Å²) in [6.45, 7) is 7.99. The first-order chi connectivity index (χ1) is 8.11. The van der Waals surface area contributed by atoms with Gasteiger partial charge in [-0.3, -0.25) is 4.79 Å².